The van der Waals surface area contributed by atoms with E-state index in [-0.39, 0.29) is 0 Å². The van der Waals surface area contributed by atoms with Gasteiger partial charge < -0.3 is 15.6 Å². The van der Waals surface area contributed by atoms with Crippen LogP contribution in [0.5, 0.6) is 0 Å². The number of nitrogens with one attached hydrogen (secondary N) is 2. The lowest BCUT2D eigenvalue weighted by Gasteiger charge is -2.07. The summed E-state index contributed by atoms with van der Waals surface area (Å²) in [5.41, 5.74) is 7.94. The first kappa shape index (κ1) is 9.65. The number of carbonyl (C=O) groups excluding carboxylic acids is 1. The Morgan fingerprint density at radius 2 is 2.62 bits per heavy atom. The molecule has 0 unspecified atom stereocenters. The Hall–Kier alpha value is -1.44. The lowest BCUT2D eigenvalue weighted by molar-refractivity contribution is -0.152. The maximum Gasteiger partial charge on any atom is 0.343 e. The van der Waals surface area contributed by atoms with Gasteiger partial charge in [0.25, 0.3) is 0 Å². The molecule has 0 aliphatic heterocycles. The molecule has 13 heavy (non-hydrogen) atoms. The van der Waals surface area contributed by atoms with Gasteiger partial charge in [-0.2, -0.15) is 0 Å². The van der Waals surface area contributed by atoms with E-state index in [1.807, 2.05) is 0 Å². The van der Waals surface area contributed by atoms with Crippen LogP contribution < -0.4 is 17.2 Å². The maximum atomic E-state index is 10.9. The van der Waals surface area contributed by atoms with Crippen LogP contribution in [0.1, 0.15) is 5.69 Å². The van der Waals surface area contributed by atoms with Crippen LogP contribution in [-0.2, 0) is 16.1 Å². The zero-order valence-corrected chi connectivity index (χ0v) is 6.86. The standard InChI is InChI=1S/C6H11N5O2/c7-5(6(12)13-11-8)1-4-2-9-3-10-4/h2-3,5,11H,1,7-8H2,(H,9,10)/t5-/m0/s1. The second-order valence-corrected chi connectivity index (χ2v) is 2.41. The molecular weight excluding hydrogens is 174 g/mol. The summed E-state index contributed by atoms with van der Waals surface area (Å²) >= 11 is 0. The van der Waals surface area contributed by atoms with Gasteiger partial charge in [-0.3, -0.25) is 0 Å². The van der Waals surface area contributed by atoms with Crippen LogP contribution in [-0.4, -0.2) is 22.0 Å². The summed E-state index contributed by atoms with van der Waals surface area (Å²) in [4.78, 5) is 21.9. The van der Waals surface area contributed by atoms with Crippen molar-refractivity contribution in [3.8, 4) is 0 Å². The molecule has 1 rings (SSSR count). The van der Waals surface area contributed by atoms with Crippen molar-refractivity contribution in [1.29, 1.82) is 0 Å². The Bertz CT molecular complexity index is 260. The largest absolute Gasteiger partial charge is 0.354 e. The minimum absolute atomic E-state index is 0.310. The van der Waals surface area contributed by atoms with E-state index < -0.39 is 12.0 Å². The average molecular weight is 185 g/mol. The van der Waals surface area contributed by atoms with Crippen LogP contribution in [0.2, 0.25) is 0 Å². The molecule has 0 aromatic carbocycles. The molecule has 0 bridgehead atoms. The first-order valence-electron chi connectivity index (χ1n) is 3.63. The average Bonchev–Trinajstić information content (AvgIpc) is 2.57. The summed E-state index contributed by atoms with van der Waals surface area (Å²) in [5.74, 6) is 4.15. The number of imidazole rings is 1. The molecule has 1 atom stereocenters. The second kappa shape index (κ2) is 4.55. The predicted octanol–water partition coefficient (Wildman–Crippen LogP) is -1.80. The van der Waals surface area contributed by atoms with Gasteiger partial charge >= 0.3 is 5.97 Å². The van der Waals surface area contributed by atoms with Crippen molar-refractivity contribution in [3.05, 3.63) is 18.2 Å². The van der Waals surface area contributed by atoms with Gasteiger partial charge in [0, 0.05) is 12.6 Å². The zero-order valence-electron chi connectivity index (χ0n) is 6.86. The molecule has 0 spiro atoms. The van der Waals surface area contributed by atoms with E-state index in [0.717, 1.165) is 0 Å². The lowest BCUT2D eigenvalue weighted by Crippen LogP contribution is -2.39. The summed E-state index contributed by atoms with van der Waals surface area (Å²) in [7, 11) is 0. The molecule has 0 radical (unpaired) electrons. The van der Waals surface area contributed by atoms with Gasteiger partial charge in [-0.05, 0) is 0 Å². The number of H-pyrrole nitrogens is 1. The molecule has 7 heteroatoms. The summed E-state index contributed by atoms with van der Waals surface area (Å²) in [6, 6.07) is -0.764. The molecule has 1 aromatic heterocycles. The Morgan fingerprint density at radius 3 is 3.15 bits per heavy atom. The van der Waals surface area contributed by atoms with Gasteiger partial charge in [0.2, 0.25) is 0 Å². The first-order valence-corrected chi connectivity index (χ1v) is 3.63. The Balaban J connectivity index is 2.41. The SMILES string of the molecule is NNOC(=O)[C@@H](N)Cc1c[nH]cn1. The zero-order chi connectivity index (χ0) is 9.68. The molecule has 7 nitrogen and oxygen atoms in total. The van der Waals surface area contributed by atoms with Gasteiger partial charge in [0.1, 0.15) is 6.04 Å². The highest BCUT2D eigenvalue weighted by molar-refractivity contribution is 5.75. The molecule has 72 valence electrons. The van der Waals surface area contributed by atoms with E-state index in [0.29, 0.717) is 12.1 Å². The smallest absolute Gasteiger partial charge is 0.343 e. The highest BCUT2D eigenvalue weighted by atomic mass is 16.7. The third-order valence-electron chi connectivity index (χ3n) is 1.45. The van der Waals surface area contributed by atoms with E-state index in [4.69, 9.17) is 11.6 Å². The molecule has 6 N–H and O–H groups in total. The van der Waals surface area contributed by atoms with Crippen LogP contribution in [0.25, 0.3) is 0 Å². The molecule has 1 heterocycles. The number of carbonyl (C=O) groups is 1. The fourth-order valence-corrected chi connectivity index (χ4v) is 0.845. The lowest BCUT2D eigenvalue weighted by atomic mass is 10.2. The number of nitrogens with zero attached hydrogens (tertiary/aromatic N) is 1. The summed E-state index contributed by atoms with van der Waals surface area (Å²) in [5, 5.41) is 0. The molecule has 0 aliphatic rings. The third-order valence-corrected chi connectivity index (χ3v) is 1.45. The van der Waals surface area contributed by atoms with Crippen LogP contribution >= 0.6 is 0 Å². The van der Waals surface area contributed by atoms with Gasteiger partial charge in [-0.15, -0.1) is 0 Å². The molecule has 1 aromatic rings. The van der Waals surface area contributed by atoms with Crippen molar-refractivity contribution in [2.75, 3.05) is 0 Å². The van der Waals surface area contributed by atoms with Crippen molar-refractivity contribution in [3.63, 3.8) is 0 Å². The Morgan fingerprint density at radius 1 is 1.85 bits per heavy atom. The molecule has 0 aliphatic carbocycles. The Kier molecular flexibility index (Phi) is 3.38. The Labute approximate surface area is 74.4 Å². The first-order chi connectivity index (χ1) is 6.24. The van der Waals surface area contributed by atoms with Gasteiger partial charge in [0.15, 0.2) is 0 Å². The van der Waals surface area contributed by atoms with E-state index >= 15 is 0 Å². The number of rotatable bonds is 4. The third kappa shape index (κ3) is 2.82. The molecule has 0 saturated heterocycles. The minimum atomic E-state index is -0.764. The van der Waals surface area contributed by atoms with E-state index in [1.165, 1.54) is 6.33 Å². The van der Waals surface area contributed by atoms with Gasteiger partial charge in [-0.1, -0.05) is 5.59 Å². The molecule has 0 amide bonds. The molecular formula is C6H11N5O2. The van der Waals surface area contributed by atoms with Crippen LogP contribution in [0.3, 0.4) is 0 Å². The summed E-state index contributed by atoms with van der Waals surface area (Å²) in [6.07, 6.45) is 3.47. The second-order valence-electron chi connectivity index (χ2n) is 2.41. The van der Waals surface area contributed by atoms with E-state index in [9.17, 15) is 4.79 Å². The maximum absolute atomic E-state index is 10.9. The normalized spacial score (nSPS) is 12.5. The minimum Gasteiger partial charge on any atom is -0.354 e. The van der Waals surface area contributed by atoms with Crippen LogP contribution in [0.4, 0.5) is 0 Å². The molecule has 0 fully saturated rings. The number of nitrogens with two attached hydrogens (primary N) is 2. The number of aromatic nitrogens is 2. The van der Waals surface area contributed by atoms with Crippen LogP contribution in [0, 0.1) is 0 Å². The van der Waals surface area contributed by atoms with Gasteiger partial charge in [-0.25, -0.2) is 15.6 Å². The van der Waals surface area contributed by atoms with Gasteiger partial charge in [0.05, 0.1) is 12.0 Å². The number of aromatic amines is 1. The molecule has 0 saturated carbocycles. The number of hydrogen-bond donors (Lipinski definition) is 4. The highest BCUT2D eigenvalue weighted by Gasteiger charge is 2.16. The fourth-order valence-electron chi connectivity index (χ4n) is 0.845. The van der Waals surface area contributed by atoms with E-state index in [1.54, 1.807) is 11.8 Å². The summed E-state index contributed by atoms with van der Waals surface area (Å²) < 4.78 is 0. The van der Waals surface area contributed by atoms with Crippen molar-refractivity contribution < 1.29 is 9.63 Å². The van der Waals surface area contributed by atoms with Crippen molar-refractivity contribution in [2.24, 2.45) is 11.6 Å². The topological polar surface area (TPSA) is 119 Å². The van der Waals surface area contributed by atoms with Crippen LogP contribution in [0.15, 0.2) is 12.5 Å². The summed E-state index contributed by atoms with van der Waals surface area (Å²) in [6.45, 7) is 0. The monoisotopic (exact) mass is 185 g/mol. The number of hydrazine groups is 1. The van der Waals surface area contributed by atoms with E-state index in [2.05, 4.69) is 14.8 Å². The predicted molar refractivity (Wildman–Crippen MR) is 43.7 cm³/mol. The fraction of sp³-hybridized carbons (Fsp3) is 0.333. The quantitative estimate of drug-likeness (QED) is 0.324. The van der Waals surface area contributed by atoms with Crippen molar-refractivity contribution >= 4 is 5.97 Å². The highest BCUT2D eigenvalue weighted by Crippen LogP contribution is 1.96. The van der Waals surface area contributed by atoms with Crippen molar-refractivity contribution in [1.82, 2.24) is 15.6 Å². The van der Waals surface area contributed by atoms with Crippen molar-refractivity contribution in [2.45, 2.75) is 12.5 Å². The number of hydrogen-bond acceptors (Lipinski definition) is 6.